The van der Waals surface area contributed by atoms with Gasteiger partial charge in [0.2, 0.25) is 10.0 Å². The van der Waals surface area contributed by atoms with Gasteiger partial charge in [-0.05, 0) is 80.0 Å². The standard InChI is InChI=1S/C20H27ClN2O2S.C2H2O4/c21-18-1-3-19(4-2-18)26(24,25)23-7-5-22(6-8-23)20-16-10-14-9-15(12-16)13-17(20)11-14;3-1(4)2(5)6/h1-4,14-17,20H,5-13H2;(H,3,4)(H,5,6). The number of benzene rings is 1. The fraction of sp³-hybridized carbons (Fsp3) is 0.636. The number of nitrogens with zero attached hydrogens (tertiary/aromatic N) is 2. The van der Waals surface area contributed by atoms with Crippen molar-refractivity contribution in [2.24, 2.45) is 23.7 Å². The quantitative estimate of drug-likeness (QED) is 0.633. The summed E-state index contributed by atoms with van der Waals surface area (Å²) in [5.41, 5.74) is 0. The number of aliphatic carboxylic acids is 2. The van der Waals surface area contributed by atoms with Crippen LogP contribution in [0.15, 0.2) is 29.2 Å². The van der Waals surface area contributed by atoms with Gasteiger partial charge in [-0.1, -0.05) is 11.6 Å². The predicted octanol–water partition coefficient (Wildman–Crippen LogP) is 2.63. The van der Waals surface area contributed by atoms with Crippen molar-refractivity contribution in [3.05, 3.63) is 29.3 Å². The van der Waals surface area contributed by atoms with E-state index in [1.165, 1.54) is 32.1 Å². The van der Waals surface area contributed by atoms with Crippen LogP contribution in [0.3, 0.4) is 0 Å². The van der Waals surface area contributed by atoms with Gasteiger partial charge in [-0.3, -0.25) is 4.90 Å². The molecular formula is C22H29ClN2O6S. The van der Waals surface area contributed by atoms with Gasteiger partial charge < -0.3 is 10.2 Å². The van der Waals surface area contributed by atoms with Crippen LogP contribution in [0.2, 0.25) is 5.02 Å². The minimum Gasteiger partial charge on any atom is -0.473 e. The van der Waals surface area contributed by atoms with E-state index in [9.17, 15) is 8.42 Å². The minimum atomic E-state index is -3.41. The maximum Gasteiger partial charge on any atom is 0.414 e. The fourth-order valence-corrected chi connectivity index (χ4v) is 8.04. The van der Waals surface area contributed by atoms with Gasteiger partial charge in [0.1, 0.15) is 0 Å². The molecule has 0 spiro atoms. The number of halogens is 1. The van der Waals surface area contributed by atoms with Crippen molar-refractivity contribution in [1.29, 1.82) is 0 Å². The number of hydrogen-bond acceptors (Lipinski definition) is 5. The summed E-state index contributed by atoms with van der Waals surface area (Å²) >= 11 is 5.90. The average molecular weight is 485 g/mol. The molecule has 0 amide bonds. The Morgan fingerprint density at radius 2 is 1.28 bits per heavy atom. The number of carbonyl (C=O) groups is 2. The Hall–Kier alpha value is -1.68. The van der Waals surface area contributed by atoms with Gasteiger partial charge in [0.05, 0.1) is 4.90 Å². The monoisotopic (exact) mass is 484 g/mol. The molecule has 5 fully saturated rings. The third kappa shape index (κ3) is 4.81. The van der Waals surface area contributed by atoms with Crippen LogP contribution in [0.25, 0.3) is 0 Å². The summed E-state index contributed by atoms with van der Waals surface area (Å²) in [7, 11) is -3.41. The van der Waals surface area contributed by atoms with Crippen LogP contribution in [0.1, 0.15) is 32.1 Å². The van der Waals surface area contributed by atoms with E-state index in [0.717, 1.165) is 36.8 Å². The molecule has 0 unspecified atom stereocenters. The largest absolute Gasteiger partial charge is 0.473 e. The molecule has 5 aliphatic rings. The summed E-state index contributed by atoms with van der Waals surface area (Å²) < 4.78 is 27.4. The van der Waals surface area contributed by atoms with Crippen molar-refractivity contribution in [2.45, 2.75) is 43.0 Å². The van der Waals surface area contributed by atoms with Crippen molar-refractivity contribution >= 4 is 33.6 Å². The van der Waals surface area contributed by atoms with Crippen LogP contribution in [0.4, 0.5) is 0 Å². The average Bonchev–Trinajstić information content (AvgIpc) is 2.74. The molecule has 2 N–H and O–H groups in total. The highest BCUT2D eigenvalue weighted by Gasteiger charge is 2.50. The van der Waals surface area contributed by atoms with Crippen molar-refractivity contribution in [3.63, 3.8) is 0 Å². The maximum atomic E-state index is 12.9. The molecule has 1 aromatic rings. The van der Waals surface area contributed by atoms with Crippen molar-refractivity contribution in [2.75, 3.05) is 26.2 Å². The summed E-state index contributed by atoms with van der Waals surface area (Å²) in [6.45, 7) is 2.96. The molecule has 10 heteroatoms. The lowest BCUT2D eigenvalue weighted by Crippen LogP contribution is -2.60. The Labute approximate surface area is 193 Å². The number of sulfonamides is 1. The molecule has 0 atom stereocenters. The van der Waals surface area contributed by atoms with Crippen molar-refractivity contribution < 1.29 is 28.2 Å². The van der Waals surface area contributed by atoms with Gasteiger partial charge in [0, 0.05) is 37.2 Å². The molecule has 0 radical (unpaired) electrons. The Morgan fingerprint density at radius 3 is 1.72 bits per heavy atom. The molecule has 8 nitrogen and oxygen atoms in total. The molecule has 1 heterocycles. The number of carboxylic acids is 2. The van der Waals surface area contributed by atoms with Crippen LogP contribution in [0.5, 0.6) is 0 Å². The smallest absolute Gasteiger partial charge is 0.414 e. The summed E-state index contributed by atoms with van der Waals surface area (Å²) in [6, 6.07) is 7.24. The van der Waals surface area contributed by atoms with Crippen molar-refractivity contribution in [3.8, 4) is 0 Å². The predicted molar refractivity (Wildman–Crippen MR) is 118 cm³/mol. The first-order chi connectivity index (χ1) is 15.1. The second kappa shape index (κ2) is 9.29. The zero-order valence-electron chi connectivity index (χ0n) is 17.8. The number of rotatable bonds is 3. The topological polar surface area (TPSA) is 115 Å². The third-order valence-electron chi connectivity index (χ3n) is 7.51. The molecular weight excluding hydrogens is 456 g/mol. The Bertz CT molecular complexity index is 919. The van der Waals surface area contributed by atoms with E-state index >= 15 is 0 Å². The maximum absolute atomic E-state index is 12.9. The SMILES string of the molecule is O=C(O)C(=O)O.O=S(=O)(c1ccc(Cl)cc1)N1CCN(C2C3CC4CC(C3)CC2C4)CC1. The molecule has 4 aliphatic carbocycles. The highest BCUT2D eigenvalue weighted by Crippen LogP contribution is 2.55. The Morgan fingerprint density at radius 1 is 0.812 bits per heavy atom. The van der Waals surface area contributed by atoms with Crippen LogP contribution in [-0.2, 0) is 19.6 Å². The third-order valence-corrected chi connectivity index (χ3v) is 9.67. The summed E-state index contributed by atoms with van der Waals surface area (Å²) in [6.07, 6.45) is 7.15. The molecule has 0 aromatic heterocycles. The lowest BCUT2D eigenvalue weighted by molar-refractivity contribution is -0.159. The zero-order valence-corrected chi connectivity index (χ0v) is 19.3. The normalized spacial score (nSPS) is 32.2. The first-order valence-electron chi connectivity index (χ1n) is 11.1. The van der Waals surface area contributed by atoms with E-state index in [2.05, 4.69) is 4.90 Å². The number of carboxylic acid groups (broad SMARTS) is 2. The van der Waals surface area contributed by atoms with E-state index in [4.69, 9.17) is 31.4 Å². The molecule has 1 saturated heterocycles. The van der Waals surface area contributed by atoms with Crippen LogP contribution >= 0.6 is 11.6 Å². The van der Waals surface area contributed by atoms with Crippen LogP contribution in [-0.4, -0.2) is 72.0 Å². The van der Waals surface area contributed by atoms with E-state index < -0.39 is 22.0 Å². The van der Waals surface area contributed by atoms with E-state index in [0.29, 0.717) is 29.0 Å². The molecule has 176 valence electrons. The van der Waals surface area contributed by atoms with Crippen molar-refractivity contribution in [1.82, 2.24) is 9.21 Å². The van der Waals surface area contributed by atoms with Crippen LogP contribution in [0, 0.1) is 23.7 Å². The van der Waals surface area contributed by atoms with Gasteiger partial charge in [-0.25, -0.2) is 18.0 Å². The molecule has 4 saturated carbocycles. The molecule has 1 aromatic carbocycles. The Balaban J connectivity index is 0.000000363. The van der Waals surface area contributed by atoms with E-state index in [1.54, 1.807) is 28.6 Å². The lowest BCUT2D eigenvalue weighted by Gasteiger charge is -2.58. The number of hydrogen-bond donors (Lipinski definition) is 2. The summed E-state index contributed by atoms with van der Waals surface area (Å²) in [5.74, 6) is 0.0574. The van der Waals surface area contributed by atoms with Gasteiger partial charge in [0.25, 0.3) is 0 Å². The highest BCUT2D eigenvalue weighted by atomic mass is 35.5. The Kier molecular flexibility index (Phi) is 6.81. The van der Waals surface area contributed by atoms with Gasteiger partial charge >= 0.3 is 11.9 Å². The second-order valence-electron chi connectivity index (χ2n) is 9.43. The lowest BCUT2D eigenvalue weighted by atomic mass is 9.54. The number of piperazine rings is 1. The second-order valence-corrected chi connectivity index (χ2v) is 11.8. The van der Waals surface area contributed by atoms with Gasteiger partial charge in [-0.2, -0.15) is 4.31 Å². The minimum absolute atomic E-state index is 0.352. The zero-order chi connectivity index (χ0) is 23.0. The van der Waals surface area contributed by atoms with E-state index in [1.807, 2.05) is 0 Å². The first kappa shape index (κ1) is 23.5. The van der Waals surface area contributed by atoms with E-state index in [-0.39, 0.29) is 0 Å². The van der Waals surface area contributed by atoms with Gasteiger partial charge in [-0.15, -0.1) is 0 Å². The molecule has 1 aliphatic heterocycles. The fourth-order valence-electron chi connectivity index (χ4n) is 6.49. The summed E-state index contributed by atoms with van der Waals surface area (Å²) in [4.78, 5) is 21.2. The van der Waals surface area contributed by atoms with Gasteiger partial charge in [0.15, 0.2) is 0 Å². The first-order valence-corrected chi connectivity index (χ1v) is 12.9. The summed E-state index contributed by atoms with van der Waals surface area (Å²) in [5, 5.41) is 15.3. The molecule has 4 bridgehead atoms. The molecule has 6 rings (SSSR count). The molecule has 32 heavy (non-hydrogen) atoms. The highest BCUT2D eigenvalue weighted by molar-refractivity contribution is 7.89. The van der Waals surface area contributed by atoms with Crippen LogP contribution < -0.4 is 0 Å².